The van der Waals surface area contributed by atoms with Gasteiger partial charge in [0.1, 0.15) is 0 Å². The molecule has 0 bridgehead atoms. The van der Waals surface area contributed by atoms with Crippen LogP contribution < -0.4 is 5.32 Å². The van der Waals surface area contributed by atoms with Crippen LogP contribution in [0.25, 0.3) is 10.1 Å². The molecule has 0 aliphatic carbocycles. The van der Waals surface area contributed by atoms with Crippen molar-refractivity contribution in [3.8, 4) is 0 Å². The molecule has 0 aliphatic heterocycles. The number of hydrogen-bond acceptors (Lipinski definition) is 2. The number of nitrogens with one attached hydrogen (secondary N) is 1. The van der Waals surface area contributed by atoms with Gasteiger partial charge in [0.25, 0.3) is 5.91 Å². The van der Waals surface area contributed by atoms with Gasteiger partial charge in [-0.25, -0.2) is 0 Å². The van der Waals surface area contributed by atoms with Gasteiger partial charge in [-0.2, -0.15) is 0 Å². The quantitative estimate of drug-likeness (QED) is 0.616. The van der Waals surface area contributed by atoms with Crippen LogP contribution in [0.5, 0.6) is 0 Å². The fourth-order valence-corrected chi connectivity index (χ4v) is 3.80. The summed E-state index contributed by atoms with van der Waals surface area (Å²) in [6, 6.07) is 16.6. The molecule has 2 atom stereocenters. The van der Waals surface area contributed by atoms with Crippen molar-refractivity contribution in [3.63, 3.8) is 0 Å². The third-order valence-electron chi connectivity index (χ3n) is 4.69. The first-order chi connectivity index (χ1) is 11.6. The van der Waals surface area contributed by atoms with Crippen LogP contribution in [0.15, 0.2) is 53.9 Å². The van der Waals surface area contributed by atoms with E-state index in [2.05, 4.69) is 43.4 Å². The minimum Gasteiger partial charge on any atom is -0.345 e. The first kappa shape index (κ1) is 16.7. The maximum Gasteiger partial charge on any atom is 0.253 e. The summed E-state index contributed by atoms with van der Waals surface area (Å²) in [6.45, 7) is 6.47. The van der Waals surface area contributed by atoms with Crippen molar-refractivity contribution >= 4 is 27.3 Å². The van der Waals surface area contributed by atoms with E-state index in [1.54, 1.807) is 11.3 Å². The van der Waals surface area contributed by atoms with E-state index in [1.165, 1.54) is 5.56 Å². The molecular formula is C21H23NOS. The minimum absolute atomic E-state index is 0.00838. The average Bonchev–Trinajstić information content (AvgIpc) is 3.05. The highest BCUT2D eigenvalue weighted by Crippen LogP contribution is 2.26. The molecule has 2 nitrogen and oxygen atoms in total. The lowest BCUT2D eigenvalue weighted by atomic mass is 9.96. The highest BCUT2D eigenvalue weighted by atomic mass is 32.1. The lowest BCUT2D eigenvalue weighted by Gasteiger charge is -2.16. The predicted molar refractivity (Wildman–Crippen MR) is 103 cm³/mol. The van der Waals surface area contributed by atoms with Crippen molar-refractivity contribution < 1.29 is 4.79 Å². The van der Waals surface area contributed by atoms with Gasteiger partial charge in [0.2, 0.25) is 0 Å². The molecule has 0 spiro atoms. The molecule has 0 fully saturated rings. The number of carbonyl (C=O) groups excluding carboxylic acids is 1. The van der Waals surface area contributed by atoms with E-state index < -0.39 is 0 Å². The Morgan fingerprint density at radius 3 is 2.42 bits per heavy atom. The van der Waals surface area contributed by atoms with Gasteiger partial charge >= 0.3 is 0 Å². The van der Waals surface area contributed by atoms with E-state index >= 15 is 0 Å². The van der Waals surface area contributed by atoms with Gasteiger partial charge in [0.15, 0.2) is 0 Å². The normalized spacial score (nSPS) is 13.6. The molecule has 0 aliphatic rings. The standard InChI is InChI=1S/C21H23NOS/c1-4-14(2)16-9-11-17(12-10-16)15(3)22-21(23)19-13-24-20-8-6-5-7-18(19)20/h5-15H,4H2,1-3H3,(H,22,23)/t14-,15+/m0/s1. The second kappa shape index (κ2) is 7.18. The van der Waals surface area contributed by atoms with Gasteiger partial charge in [-0.05, 0) is 36.5 Å². The van der Waals surface area contributed by atoms with Crippen molar-refractivity contribution in [3.05, 3.63) is 70.6 Å². The van der Waals surface area contributed by atoms with E-state index in [0.717, 1.165) is 27.6 Å². The number of thiophene rings is 1. The molecule has 3 heteroatoms. The summed E-state index contributed by atoms with van der Waals surface area (Å²) in [5, 5.41) is 6.09. The molecule has 3 rings (SSSR count). The van der Waals surface area contributed by atoms with E-state index in [4.69, 9.17) is 0 Å². The summed E-state index contributed by atoms with van der Waals surface area (Å²) in [5.41, 5.74) is 3.25. The van der Waals surface area contributed by atoms with Crippen molar-refractivity contribution in [1.82, 2.24) is 5.32 Å². The highest BCUT2D eigenvalue weighted by molar-refractivity contribution is 7.17. The number of amides is 1. The van der Waals surface area contributed by atoms with Crippen LogP contribution in [-0.4, -0.2) is 5.91 Å². The van der Waals surface area contributed by atoms with Gasteiger partial charge in [-0.3, -0.25) is 4.79 Å². The maximum absolute atomic E-state index is 12.6. The molecule has 1 amide bonds. The fraction of sp³-hybridized carbons (Fsp3) is 0.286. The molecule has 124 valence electrons. The number of hydrogen-bond donors (Lipinski definition) is 1. The van der Waals surface area contributed by atoms with Crippen molar-refractivity contribution in [1.29, 1.82) is 0 Å². The fourth-order valence-electron chi connectivity index (χ4n) is 2.86. The largest absolute Gasteiger partial charge is 0.345 e. The molecule has 0 radical (unpaired) electrons. The van der Waals surface area contributed by atoms with Crippen LogP contribution in [0, 0.1) is 0 Å². The Kier molecular flexibility index (Phi) is 5.00. The van der Waals surface area contributed by atoms with Gasteiger partial charge in [0.05, 0.1) is 11.6 Å². The molecular weight excluding hydrogens is 314 g/mol. The molecule has 3 aromatic rings. The maximum atomic E-state index is 12.6. The second-order valence-electron chi connectivity index (χ2n) is 6.32. The van der Waals surface area contributed by atoms with E-state index in [1.807, 2.05) is 36.6 Å². The molecule has 24 heavy (non-hydrogen) atoms. The zero-order valence-electron chi connectivity index (χ0n) is 14.4. The molecule has 1 N–H and O–H groups in total. The third-order valence-corrected chi connectivity index (χ3v) is 5.65. The molecule has 1 aromatic heterocycles. The number of benzene rings is 2. The Bertz CT molecular complexity index is 834. The first-order valence-electron chi connectivity index (χ1n) is 8.47. The van der Waals surface area contributed by atoms with Gasteiger partial charge in [-0.1, -0.05) is 56.3 Å². The van der Waals surface area contributed by atoms with Crippen molar-refractivity contribution in [2.24, 2.45) is 0 Å². The summed E-state index contributed by atoms with van der Waals surface area (Å²) in [4.78, 5) is 12.6. The summed E-state index contributed by atoms with van der Waals surface area (Å²) < 4.78 is 1.15. The highest BCUT2D eigenvalue weighted by Gasteiger charge is 2.15. The summed E-state index contributed by atoms with van der Waals surface area (Å²) in [5.74, 6) is 0.562. The van der Waals surface area contributed by atoms with Gasteiger partial charge < -0.3 is 5.32 Å². The SMILES string of the molecule is CC[C@H](C)c1ccc([C@@H](C)NC(=O)c2csc3ccccc23)cc1. The van der Waals surface area contributed by atoms with Crippen LogP contribution >= 0.6 is 11.3 Å². The summed E-state index contributed by atoms with van der Waals surface area (Å²) in [7, 11) is 0. The summed E-state index contributed by atoms with van der Waals surface area (Å²) >= 11 is 1.61. The monoisotopic (exact) mass is 337 g/mol. The smallest absolute Gasteiger partial charge is 0.253 e. The van der Waals surface area contributed by atoms with Crippen LogP contribution in [0.4, 0.5) is 0 Å². The molecule has 1 heterocycles. The number of fused-ring (bicyclic) bond motifs is 1. The predicted octanol–water partition coefficient (Wildman–Crippen LogP) is 5.91. The molecule has 0 saturated carbocycles. The Morgan fingerprint density at radius 1 is 1.04 bits per heavy atom. The number of carbonyl (C=O) groups is 1. The van der Waals surface area contributed by atoms with E-state index in [9.17, 15) is 4.79 Å². The first-order valence-corrected chi connectivity index (χ1v) is 9.35. The zero-order valence-corrected chi connectivity index (χ0v) is 15.2. The molecule has 0 saturated heterocycles. The van der Waals surface area contributed by atoms with Crippen molar-refractivity contribution in [2.45, 2.75) is 39.2 Å². The zero-order chi connectivity index (χ0) is 17.1. The van der Waals surface area contributed by atoms with Crippen molar-refractivity contribution in [2.75, 3.05) is 0 Å². The lowest BCUT2D eigenvalue weighted by molar-refractivity contribution is 0.0942. The van der Waals surface area contributed by atoms with Gasteiger partial charge in [0, 0.05) is 15.5 Å². The van der Waals surface area contributed by atoms with Crippen LogP contribution in [0.3, 0.4) is 0 Å². The average molecular weight is 337 g/mol. The van der Waals surface area contributed by atoms with E-state index in [-0.39, 0.29) is 11.9 Å². The Hall–Kier alpha value is -2.13. The lowest BCUT2D eigenvalue weighted by Crippen LogP contribution is -2.26. The Balaban J connectivity index is 1.74. The third kappa shape index (κ3) is 3.36. The Morgan fingerprint density at radius 2 is 1.71 bits per heavy atom. The topological polar surface area (TPSA) is 29.1 Å². The number of rotatable bonds is 5. The van der Waals surface area contributed by atoms with Crippen LogP contribution in [-0.2, 0) is 0 Å². The van der Waals surface area contributed by atoms with E-state index in [0.29, 0.717) is 5.92 Å². The minimum atomic E-state index is -0.0119. The Labute approximate surface area is 147 Å². The second-order valence-corrected chi connectivity index (χ2v) is 7.23. The molecule has 0 unspecified atom stereocenters. The van der Waals surface area contributed by atoms with Crippen LogP contribution in [0.2, 0.25) is 0 Å². The van der Waals surface area contributed by atoms with Crippen LogP contribution in [0.1, 0.15) is 60.6 Å². The molecule has 2 aromatic carbocycles. The van der Waals surface area contributed by atoms with Gasteiger partial charge in [-0.15, -0.1) is 11.3 Å². The summed E-state index contributed by atoms with van der Waals surface area (Å²) in [6.07, 6.45) is 1.14.